The van der Waals surface area contributed by atoms with Gasteiger partial charge in [-0.1, -0.05) is 60.2 Å². The predicted molar refractivity (Wildman–Crippen MR) is 104 cm³/mol. The van der Waals surface area contributed by atoms with E-state index in [1.54, 1.807) is 0 Å². The number of hydrazone groups is 1. The van der Waals surface area contributed by atoms with Gasteiger partial charge in [-0.15, -0.1) is 0 Å². The molecule has 0 bridgehead atoms. The second kappa shape index (κ2) is 7.62. The average molecular weight is 331 g/mol. The number of carbonyl (C=O) groups is 1. The normalized spacial score (nSPS) is 11.4. The summed E-state index contributed by atoms with van der Waals surface area (Å²) < 4.78 is 0. The molecule has 1 amide bonds. The third-order valence-electron chi connectivity index (χ3n) is 4.02. The Hall–Kier alpha value is -3.14. The number of hydrogen-bond acceptors (Lipinski definition) is 3. The van der Waals surface area contributed by atoms with Gasteiger partial charge in [0.05, 0.1) is 12.3 Å². The quantitative estimate of drug-likeness (QED) is 0.546. The number of benzene rings is 3. The van der Waals surface area contributed by atoms with Crippen molar-refractivity contribution in [2.45, 2.75) is 13.8 Å². The number of nitrogens with zero attached hydrogens (tertiary/aromatic N) is 1. The van der Waals surface area contributed by atoms with Crippen LogP contribution in [-0.4, -0.2) is 18.2 Å². The Morgan fingerprint density at radius 2 is 1.68 bits per heavy atom. The number of hydrogen-bond donors (Lipinski definition) is 2. The van der Waals surface area contributed by atoms with E-state index in [-0.39, 0.29) is 12.5 Å². The van der Waals surface area contributed by atoms with Crippen LogP contribution in [0.5, 0.6) is 0 Å². The zero-order chi connectivity index (χ0) is 17.6. The molecule has 0 heterocycles. The largest absolute Gasteiger partial charge is 0.376 e. The van der Waals surface area contributed by atoms with Crippen molar-refractivity contribution in [2.75, 3.05) is 11.9 Å². The van der Waals surface area contributed by atoms with Gasteiger partial charge in [0.1, 0.15) is 0 Å². The lowest BCUT2D eigenvalue weighted by Gasteiger charge is -2.07. The molecule has 4 heteroatoms. The first-order chi connectivity index (χ1) is 12.1. The lowest BCUT2D eigenvalue weighted by molar-refractivity contribution is -0.119. The molecule has 0 aromatic heterocycles. The van der Waals surface area contributed by atoms with E-state index in [4.69, 9.17) is 0 Å². The van der Waals surface area contributed by atoms with Gasteiger partial charge >= 0.3 is 0 Å². The summed E-state index contributed by atoms with van der Waals surface area (Å²) in [6.45, 7) is 4.08. The van der Waals surface area contributed by atoms with E-state index in [1.807, 2.05) is 68.4 Å². The van der Waals surface area contributed by atoms with Crippen LogP contribution in [0.15, 0.2) is 71.8 Å². The Bertz CT molecular complexity index is 914. The molecular formula is C21H21N3O. The van der Waals surface area contributed by atoms with Crippen LogP contribution in [-0.2, 0) is 4.79 Å². The molecule has 0 aliphatic carbocycles. The smallest absolute Gasteiger partial charge is 0.259 e. The molecule has 0 radical (unpaired) electrons. The summed E-state index contributed by atoms with van der Waals surface area (Å²) in [5.41, 5.74) is 6.47. The summed E-state index contributed by atoms with van der Waals surface area (Å²) in [5, 5.41) is 9.61. The summed E-state index contributed by atoms with van der Waals surface area (Å²) in [6, 6.07) is 22.2. The van der Waals surface area contributed by atoms with Gasteiger partial charge < -0.3 is 5.32 Å². The Morgan fingerprint density at radius 1 is 0.960 bits per heavy atom. The minimum absolute atomic E-state index is 0.170. The number of rotatable bonds is 5. The first-order valence-corrected chi connectivity index (χ1v) is 8.25. The molecule has 0 saturated heterocycles. The van der Waals surface area contributed by atoms with Gasteiger partial charge in [-0.25, -0.2) is 5.43 Å². The number of anilines is 1. The second-order valence-corrected chi connectivity index (χ2v) is 6.01. The number of nitrogens with one attached hydrogen (secondary N) is 2. The van der Waals surface area contributed by atoms with E-state index in [9.17, 15) is 4.79 Å². The molecule has 0 unspecified atom stereocenters. The minimum Gasteiger partial charge on any atom is -0.376 e. The topological polar surface area (TPSA) is 53.5 Å². The van der Waals surface area contributed by atoms with Crippen LogP contribution in [0.4, 0.5) is 5.69 Å². The highest BCUT2D eigenvalue weighted by Gasteiger charge is 2.02. The maximum absolute atomic E-state index is 12.0. The minimum atomic E-state index is -0.181. The summed E-state index contributed by atoms with van der Waals surface area (Å²) in [4.78, 5) is 12.0. The van der Waals surface area contributed by atoms with Gasteiger partial charge in [0, 0.05) is 5.69 Å². The van der Waals surface area contributed by atoms with Crippen molar-refractivity contribution in [3.63, 3.8) is 0 Å². The molecule has 0 fully saturated rings. The fourth-order valence-electron chi connectivity index (χ4n) is 2.53. The van der Waals surface area contributed by atoms with Crippen molar-refractivity contribution in [2.24, 2.45) is 5.10 Å². The third kappa shape index (κ3) is 4.44. The van der Waals surface area contributed by atoms with Gasteiger partial charge in [0.2, 0.25) is 0 Å². The number of amides is 1. The van der Waals surface area contributed by atoms with Crippen LogP contribution >= 0.6 is 0 Å². The molecule has 0 saturated carbocycles. The van der Waals surface area contributed by atoms with E-state index in [1.165, 1.54) is 10.9 Å². The zero-order valence-electron chi connectivity index (χ0n) is 14.4. The van der Waals surface area contributed by atoms with Gasteiger partial charge in [-0.3, -0.25) is 4.79 Å². The van der Waals surface area contributed by atoms with E-state index < -0.39 is 0 Å². The van der Waals surface area contributed by atoms with Crippen molar-refractivity contribution < 1.29 is 4.79 Å². The summed E-state index contributed by atoms with van der Waals surface area (Å²) in [6.07, 6.45) is 0. The number of aryl methyl sites for hydroxylation is 1. The van der Waals surface area contributed by atoms with E-state index in [0.29, 0.717) is 0 Å². The zero-order valence-corrected chi connectivity index (χ0v) is 14.4. The van der Waals surface area contributed by atoms with Crippen molar-refractivity contribution in [1.29, 1.82) is 0 Å². The van der Waals surface area contributed by atoms with Gasteiger partial charge in [-0.05, 0) is 42.3 Å². The van der Waals surface area contributed by atoms with Crippen LogP contribution in [0.25, 0.3) is 10.8 Å². The molecule has 3 aromatic rings. The predicted octanol–water partition coefficient (Wildman–Crippen LogP) is 4.10. The van der Waals surface area contributed by atoms with Crippen molar-refractivity contribution in [3.05, 3.63) is 77.9 Å². The van der Waals surface area contributed by atoms with Crippen LogP contribution in [0.3, 0.4) is 0 Å². The lowest BCUT2D eigenvalue weighted by atomic mass is 10.1. The molecule has 126 valence electrons. The summed E-state index contributed by atoms with van der Waals surface area (Å²) in [5.74, 6) is -0.181. The van der Waals surface area contributed by atoms with Crippen LogP contribution in [0.1, 0.15) is 18.1 Å². The highest BCUT2D eigenvalue weighted by molar-refractivity contribution is 5.99. The molecule has 25 heavy (non-hydrogen) atoms. The maximum atomic E-state index is 12.0. The Balaban J connectivity index is 1.56. The third-order valence-corrected chi connectivity index (χ3v) is 4.02. The fraction of sp³-hybridized carbons (Fsp3) is 0.143. The molecule has 2 N–H and O–H groups in total. The SMILES string of the molecule is C/C(=N/NC(=O)CNc1ccc2ccccc2c1)c1ccc(C)cc1. The highest BCUT2D eigenvalue weighted by atomic mass is 16.2. The molecule has 0 aliphatic rings. The van der Waals surface area contributed by atoms with E-state index in [2.05, 4.69) is 28.0 Å². The molecule has 0 atom stereocenters. The van der Waals surface area contributed by atoms with Crippen molar-refractivity contribution >= 4 is 28.1 Å². The van der Waals surface area contributed by atoms with E-state index in [0.717, 1.165) is 22.3 Å². The highest BCUT2D eigenvalue weighted by Crippen LogP contribution is 2.18. The van der Waals surface area contributed by atoms with Gasteiger partial charge in [0.15, 0.2) is 0 Å². The van der Waals surface area contributed by atoms with Crippen LogP contribution in [0.2, 0.25) is 0 Å². The average Bonchev–Trinajstić information content (AvgIpc) is 2.65. The van der Waals surface area contributed by atoms with Crippen molar-refractivity contribution in [3.8, 4) is 0 Å². The lowest BCUT2D eigenvalue weighted by Crippen LogP contribution is -2.26. The Morgan fingerprint density at radius 3 is 2.44 bits per heavy atom. The summed E-state index contributed by atoms with van der Waals surface area (Å²) >= 11 is 0. The van der Waals surface area contributed by atoms with Crippen LogP contribution < -0.4 is 10.7 Å². The first-order valence-electron chi connectivity index (χ1n) is 8.25. The molecule has 0 aliphatic heterocycles. The maximum Gasteiger partial charge on any atom is 0.259 e. The molecule has 0 spiro atoms. The molecule has 3 rings (SSSR count). The van der Waals surface area contributed by atoms with E-state index >= 15 is 0 Å². The standard InChI is InChI=1S/C21H21N3O/c1-15-7-9-17(10-8-15)16(2)23-24-21(25)14-22-20-12-11-18-5-3-4-6-19(18)13-20/h3-13,22H,14H2,1-2H3,(H,24,25)/b23-16-. The van der Waals surface area contributed by atoms with Gasteiger partial charge in [-0.2, -0.15) is 5.10 Å². The molecule has 4 nitrogen and oxygen atoms in total. The molecule has 3 aromatic carbocycles. The fourth-order valence-corrected chi connectivity index (χ4v) is 2.53. The Labute approximate surface area is 147 Å². The number of carbonyl (C=O) groups excluding carboxylic acids is 1. The summed E-state index contributed by atoms with van der Waals surface area (Å²) in [7, 11) is 0. The number of fused-ring (bicyclic) bond motifs is 1. The Kier molecular flexibility index (Phi) is 5.09. The first kappa shape index (κ1) is 16.7. The monoisotopic (exact) mass is 331 g/mol. The second-order valence-electron chi connectivity index (χ2n) is 6.01. The van der Waals surface area contributed by atoms with Gasteiger partial charge in [0.25, 0.3) is 5.91 Å². The van der Waals surface area contributed by atoms with Crippen LogP contribution in [0, 0.1) is 6.92 Å². The molecular weight excluding hydrogens is 310 g/mol. The van der Waals surface area contributed by atoms with Crippen molar-refractivity contribution in [1.82, 2.24) is 5.43 Å².